The van der Waals surface area contributed by atoms with E-state index >= 15 is 0 Å². The third-order valence-corrected chi connectivity index (χ3v) is 5.90. The molecule has 6 nitrogen and oxygen atoms in total. The summed E-state index contributed by atoms with van der Waals surface area (Å²) < 4.78 is 18.4. The van der Waals surface area contributed by atoms with E-state index in [1.54, 1.807) is 19.2 Å². The summed E-state index contributed by atoms with van der Waals surface area (Å²) in [4.78, 5) is 23.1. The lowest BCUT2D eigenvalue weighted by Gasteiger charge is -2.30. The average Bonchev–Trinajstić information content (AvgIpc) is 3.08. The Morgan fingerprint density at radius 1 is 1.21 bits per heavy atom. The number of imidazole rings is 1. The van der Waals surface area contributed by atoms with Crippen LogP contribution in [0.1, 0.15) is 52.2 Å². The minimum atomic E-state index is -0.247. The van der Waals surface area contributed by atoms with Crippen molar-refractivity contribution < 1.29 is 13.9 Å². The summed E-state index contributed by atoms with van der Waals surface area (Å²) in [6.07, 6.45) is 2.75. The number of aromatic amines is 1. The predicted molar refractivity (Wildman–Crippen MR) is 104 cm³/mol. The molecule has 28 heavy (non-hydrogen) atoms. The Labute approximate surface area is 164 Å². The molecule has 2 aromatic rings. The van der Waals surface area contributed by atoms with E-state index in [2.05, 4.69) is 20.2 Å². The highest BCUT2D eigenvalue weighted by atomic mass is 19.1. The number of carbonyl (C=O) groups is 1. The predicted octanol–water partition coefficient (Wildman–Crippen LogP) is 2.44. The van der Waals surface area contributed by atoms with Crippen LogP contribution in [0.25, 0.3) is 0 Å². The number of piperidine rings is 1. The van der Waals surface area contributed by atoms with Crippen molar-refractivity contribution in [2.45, 2.75) is 31.1 Å². The van der Waals surface area contributed by atoms with E-state index < -0.39 is 0 Å². The number of ether oxygens (including phenoxy) is 1. The number of halogens is 1. The fraction of sp³-hybridized carbons (Fsp3) is 0.524. The van der Waals surface area contributed by atoms with Gasteiger partial charge in [0.1, 0.15) is 17.3 Å². The molecule has 0 saturated carbocycles. The van der Waals surface area contributed by atoms with Crippen LogP contribution in [-0.2, 0) is 11.2 Å². The van der Waals surface area contributed by atoms with Crippen LogP contribution in [0, 0.1) is 5.82 Å². The summed E-state index contributed by atoms with van der Waals surface area (Å²) >= 11 is 0. The number of rotatable bonds is 5. The maximum absolute atomic E-state index is 13.2. The van der Waals surface area contributed by atoms with Crippen LogP contribution in [0.4, 0.5) is 4.39 Å². The van der Waals surface area contributed by atoms with Crippen molar-refractivity contribution in [3.8, 4) is 0 Å². The van der Waals surface area contributed by atoms with Gasteiger partial charge in [-0.05, 0) is 50.0 Å². The zero-order chi connectivity index (χ0) is 19.5. The number of likely N-dealkylation sites (tertiary alicyclic amines) is 1. The van der Waals surface area contributed by atoms with Crippen molar-refractivity contribution in [3.05, 3.63) is 52.9 Å². The lowest BCUT2D eigenvalue weighted by atomic mass is 9.94. The molecule has 1 saturated heterocycles. The average molecular weight is 386 g/mol. The first-order valence-electron chi connectivity index (χ1n) is 9.97. The van der Waals surface area contributed by atoms with Crippen molar-refractivity contribution in [1.82, 2.24) is 20.2 Å². The third-order valence-electron chi connectivity index (χ3n) is 5.90. The van der Waals surface area contributed by atoms with Crippen LogP contribution < -0.4 is 5.32 Å². The van der Waals surface area contributed by atoms with Gasteiger partial charge in [-0.15, -0.1) is 0 Å². The second kappa shape index (κ2) is 8.41. The molecule has 4 rings (SSSR count). The maximum Gasteiger partial charge on any atom is 0.271 e. The Morgan fingerprint density at radius 3 is 2.68 bits per heavy atom. The number of nitrogens with zero attached hydrogens (tertiary/aromatic N) is 2. The molecule has 0 aliphatic carbocycles. The second-order valence-corrected chi connectivity index (χ2v) is 7.72. The molecule has 2 N–H and O–H groups in total. The van der Waals surface area contributed by atoms with Gasteiger partial charge in [0, 0.05) is 37.7 Å². The smallest absolute Gasteiger partial charge is 0.271 e. The summed E-state index contributed by atoms with van der Waals surface area (Å²) in [7, 11) is 1.73. The van der Waals surface area contributed by atoms with Gasteiger partial charge in [-0.25, -0.2) is 9.37 Å². The molecular weight excluding hydrogens is 359 g/mol. The lowest BCUT2D eigenvalue weighted by molar-refractivity contribution is 0.0949. The summed E-state index contributed by atoms with van der Waals surface area (Å²) in [6, 6.07) is 6.53. The van der Waals surface area contributed by atoms with Crippen molar-refractivity contribution in [2.24, 2.45) is 0 Å². The molecule has 1 unspecified atom stereocenters. The SMILES string of the molecule is COCCN1CCC(c2nc3c([nH]2)CC(c2ccc(F)cc2)CNC3=O)CC1. The highest BCUT2D eigenvalue weighted by Crippen LogP contribution is 2.30. The maximum atomic E-state index is 13.2. The molecule has 1 aromatic carbocycles. The molecule has 1 fully saturated rings. The van der Waals surface area contributed by atoms with E-state index in [4.69, 9.17) is 4.74 Å². The first-order valence-corrected chi connectivity index (χ1v) is 9.97. The first-order chi connectivity index (χ1) is 13.6. The molecule has 0 spiro atoms. The van der Waals surface area contributed by atoms with E-state index in [-0.39, 0.29) is 17.6 Å². The van der Waals surface area contributed by atoms with Crippen molar-refractivity contribution in [2.75, 3.05) is 39.9 Å². The number of hydrogen-bond acceptors (Lipinski definition) is 4. The molecule has 1 amide bonds. The standard InChI is InChI=1S/C21H27FN4O2/c1-28-11-10-26-8-6-15(7-9-26)20-24-18-12-16(13-23-21(27)19(18)25-20)14-2-4-17(22)5-3-14/h2-5,15-16H,6-13H2,1H3,(H,23,27)(H,24,25). The second-order valence-electron chi connectivity index (χ2n) is 7.72. The molecule has 2 aliphatic heterocycles. The minimum Gasteiger partial charge on any atom is -0.383 e. The summed E-state index contributed by atoms with van der Waals surface area (Å²) in [5, 5.41) is 2.97. The van der Waals surface area contributed by atoms with Gasteiger partial charge in [0.2, 0.25) is 0 Å². The number of nitrogens with one attached hydrogen (secondary N) is 2. The van der Waals surface area contributed by atoms with Gasteiger partial charge in [-0.3, -0.25) is 4.79 Å². The Hall–Kier alpha value is -2.25. The molecule has 7 heteroatoms. The van der Waals surface area contributed by atoms with Gasteiger partial charge >= 0.3 is 0 Å². The Bertz CT molecular complexity index is 812. The van der Waals surface area contributed by atoms with Gasteiger partial charge in [-0.1, -0.05) is 12.1 Å². The number of aromatic nitrogens is 2. The van der Waals surface area contributed by atoms with Gasteiger partial charge in [0.25, 0.3) is 5.91 Å². The molecule has 3 heterocycles. The van der Waals surface area contributed by atoms with E-state index in [1.165, 1.54) is 12.1 Å². The largest absolute Gasteiger partial charge is 0.383 e. The number of H-pyrrole nitrogens is 1. The number of methoxy groups -OCH3 is 1. The molecule has 1 atom stereocenters. The van der Waals surface area contributed by atoms with E-state index in [1.807, 2.05) is 0 Å². The van der Waals surface area contributed by atoms with E-state index in [9.17, 15) is 9.18 Å². The van der Waals surface area contributed by atoms with Crippen LogP contribution in [0.2, 0.25) is 0 Å². The number of fused-ring (bicyclic) bond motifs is 1. The van der Waals surface area contributed by atoms with Crippen LogP contribution in [-0.4, -0.2) is 60.7 Å². The fourth-order valence-corrected chi connectivity index (χ4v) is 4.20. The number of carbonyl (C=O) groups excluding carboxylic acids is 1. The van der Waals surface area contributed by atoms with E-state index in [0.29, 0.717) is 24.6 Å². The summed E-state index contributed by atoms with van der Waals surface area (Å²) in [5.74, 6) is 1.01. The Kier molecular flexibility index (Phi) is 5.73. The fourth-order valence-electron chi connectivity index (χ4n) is 4.20. The highest BCUT2D eigenvalue weighted by molar-refractivity contribution is 5.94. The number of hydrogen-bond donors (Lipinski definition) is 2. The van der Waals surface area contributed by atoms with Crippen LogP contribution in [0.15, 0.2) is 24.3 Å². The molecule has 150 valence electrons. The summed E-state index contributed by atoms with van der Waals surface area (Å²) in [6.45, 7) is 4.28. The van der Waals surface area contributed by atoms with Crippen molar-refractivity contribution >= 4 is 5.91 Å². The van der Waals surface area contributed by atoms with Crippen LogP contribution in [0.3, 0.4) is 0 Å². The first kappa shape index (κ1) is 19.1. The Balaban J connectivity index is 1.48. The zero-order valence-corrected chi connectivity index (χ0v) is 16.2. The molecule has 2 aliphatic rings. The highest BCUT2D eigenvalue weighted by Gasteiger charge is 2.29. The van der Waals surface area contributed by atoms with Gasteiger partial charge in [0.15, 0.2) is 0 Å². The molecule has 0 radical (unpaired) electrons. The third kappa shape index (κ3) is 4.10. The topological polar surface area (TPSA) is 70.2 Å². The molecule has 0 bridgehead atoms. The van der Waals surface area contributed by atoms with Crippen LogP contribution >= 0.6 is 0 Å². The summed E-state index contributed by atoms with van der Waals surface area (Å²) in [5.41, 5.74) is 2.43. The van der Waals surface area contributed by atoms with Gasteiger partial charge < -0.3 is 19.9 Å². The Morgan fingerprint density at radius 2 is 1.96 bits per heavy atom. The van der Waals surface area contributed by atoms with Gasteiger partial charge in [0.05, 0.1) is 6.61 Å². The number of amides is 1. The van der Waals surface area contributed by atoms with Crippen LogP contribution in [0.5, 0.6) is 0 Å². The number of benzene rings is 1. The minimum absolute atomic E-state index is 0.106. The van der Waals surface area contributed by atoms with Gasteiger partial charge in [-0.2, -0.15) is 0 Å². The van der Waals surface area contributed by atoms with Crippen molar-refractivity contribution in [3.63, 3.8) is 0 Å². The zero-order valence-electron chi connectivity index (χ0n) is 16.2. The molecular formula is C21H27FN4O2. The normalized spacial score (nSPS) is 21.2. The quantitative estimate of drug-likeness (QED) is 0.828. The van der Waals surface area contributed by atoms with Crippen molar-refractivity contribution in [1.29, 1.82) is 0 Å². The van der Waals surface area contributed by atoms with E-state index in [0.717, 1.165) is 56.2 Å². The molecule has 1 aromatic heterocycles. The monoisotopic (exact) mass is 386 g/mol. The lowest BCUT2D eigenvalue weighted by Crippen LogP contribution is -2.35.